The lowest BCUT2D eigenvalue weighted by Crippen LogP contribution is -2.11. The summed E-state index contributed by atoms with van der Waals surface area (Å²) in [5, 5.41) is 11.0. The summed E-state index contributed by atoms with van der Waals surface area (Å²) < 4.78 is 17.4. The smallest absolute Gasteiger partial charge is 0.304 e. The highest BCUT2D eigenvalue weighted by atomic mass is 19.1. The lowest BCUT2D eigenvalue weighted by molar-refractivity contribution is 0.105. The van der Waals surface area contributed by atoms with E-state index in [0.29, 0.717) is 0 Å². The van der Waals surface area contributed by atoms with Crippen LogP contribution in [-0.2, 0) is 0 Å². The van der Waals surface area contributed by atoms with Crippen LogP contribution in [0.15, 0.2) is 23.4 Å². The van der Waals surface area contributed by atoms with Gasteiger partial charge in [-0.2, -0.15) is 0 Å². The van der Waals surface area contributed by atoms with Gasteiger partial charge in [0, 0.05) is 6.07 Å². The average molecular weight is 181 g/mol. The molecule has 66 valence electrons. The van der Waals surface area contributed by atoms with Crippen LogP contribution in [0, 0.1) is 5.82 Å². The molecule has 0 saturated carbocycles. The zero-order valence-corrected chi connectivity index (χ0v) is 6.32. The Balaban J connectivity index is 2.56. The summed E-state index contributed by atoms with van der Waals surface area (Å²) in [6.45, 7) is 0. The molecule has 1 aromatic carbocycles. The molecule has 0 fully saturated rings. The molecule has 0 amide bonds. The van der Waals surface area contributed by atoms with Crippen LogP contribution in [0.5, 0.6) is 5.75 Å². The maximum atomic E-state index is 12.6. The Kier molecular flexibility index (Phi) is 1.51. The van der Waals surface area contributed by atoms with Gasteiger partial charge in [-0.05, 0) is 17.3 Å². The van der Waals surface area contributed by atoms with Gasteiger partial charge in [-0.1, -0.05) is 0 Å². The predicted octanol–water partition coefficient (Wildman–Crippen LogP) is 1.19. The number of nitrogens with zero attached hydrogens (tertiary/aromatic N) is 1. The molecule has 0 unspecified atom stereocenters. The van der Waals surface area contributed by atoms with Crippen molar-refractivity contribution in [3.8, 4) is 5.75 Å². The fraction of sp³-hybridized carbons (Fsp3) is 0. The van der Waals surface area contributed by atoms with Gasteiger partial charge in [-0.3, -0.25) is 4.79 Å². The first kappa shape index (κ1) is 7.72. The molecule has 0 aliphatic carbocycles. The third-order valence-corrected chi connectivity index (χ3v) is 1.68. The lowest BCUT2D eigenvalue weighted by Gasteiger charge is -1.94. The molecule has 1 aliphatic rings. The topological polar surface area (TPSA) is 58.9 Å². The molecular weight excluding hydrogens is 177 g/mol. The van der Waals surface area contributed by atoms with Gasteiger partial charge >= 0.3 is 5.90 Å². The van der Waals surface area contributed by atoms with Crippen molar-refractivity contribution in [2.24, 2.45) is 5.16 Å². The van der Waals surface area contributed by atoms with Crippen LogP contribution in [0.4, 0.5) is 4.39 Å². The lowest BCUT2D eigenvalue weighted by atomic mass is 10.1. The van der Waals surface area contributed by atoms with E-state index in [1.165, 1.54) is 6.07 Å². The van der Waals surface area contributed by atoms with Gasteiger partial charge in [0.25, 0.3) is 5.78 Å². The fourth-order valence-electron chi connectivity index (χ4n) is 1.10. The third kappa shape index (κ3) is 1.05. The Labute approximate surface area is 72.2 Å². The molecule has 1 N–H and O–H groups in total. The molecule has 2 rings (SSSR count). The summed E-state index contributed by atoms with van der Waals surface area (Å²) in [7, 11) is 0. The highest BCUT2D eigenvalue weighted by Crippen LogP contribution is 2.26. The van der Waals surface area contributed by atoms with Gasteiger partial charge in [-0.15, -0.1) is 0 Å². The molecule has 13 heavy (non-hydrogen) atoms. The maximum absolute atomic E-state index is 12.6. The van der Waals surface area contributed by atoms with E-state index in [0.717, 1.165) is 12.1 Å². The van der Waals surface area contributed by atoms with Crippen LogP contribution < -0.4 is 4.74 Å². The van der Waals surface area contributed by atoms with Crippen LogP contribution in [0.3, 0.4) is 0 Å². The van der Waals surface area contributed by atoms with Crippen molar-refractivity contribution in [1.82, 2.24) is 0 Å². The van der Waals surface area contributed by atoms with E-state index in [9.17, 15) is 9.18 Å². The summed E-state index contributed by atoms with van der Waals surface area (Å²) in [5.41, 5.74) is 0.203. The molecule has 1 heterocycles. The van der Waals surface area contributed by atoms with Crippen LogP contribution >= 0.6 is 0 Å². The Morgan fingerprint density at radius 1 is 1.46 bits per heavy atom. The molecule has 1 aliphatic heterocycles. The van der Waals surface area contributed by atoms with Gasteiger partial charge in [-0.25, -0.2) is 4.39 Å². The first-order valence-electron chi connectivity index (χ1n) is 3.46. The molecule has 0 radical (unpaired) electrons. The number of oxime groups is 1. The number of fused-ring (bicyclic) bond motifs is 1. The molecule has 5 heteroatoms. The van der Waals surface area contributed by atoms with E-state index in [1.54, 1.807) is 0 Å². The molecule has 4 nitrogen and oxygen atoms in total. The van der Waals surface area contributed by atoms with Crippen molar-refractivity contribution in [1.29, 1.82) is 0 Å². The van der Waals surface area contributed by atoms with Crippen molar-refractivity contribution in [3.63, 3.8) is 0 Å². The second kappa shape index (κ2) is 2.55. The first-order valence-corrected chi connectivity index (χ1v) is 3.46. The Hall–Kier alpha value is -1.91. The van der Waals surface area contributed by atoms with Crippen molar-refractivity contribution < 1.29 is 19.1 Å². The number of hydrogen-bond acceptors (Lipinski definition) is 4. The van der Waals surface area contributed by atoms with E-state index >= 15 is 0 Å². The van der Waals surface area contributed by atoms with Crippen LogP contribution in [0.2, 0.25) is 0 Å². The SMILES string of the molecule is O=C1C(=NO)Oc2cc(F)ccc21. The second-order valence-electron chi connectivity index (χ2n) is 2.48. The zero-order chi connectivity index (χ0) is 9.42. The van der Waals surface area contributed by atoms with Crippen molar-refractivity contribution in [2.45, 2.75) is 0 Å². The highest BCUT2D eigenvalue weighted by molar-refractivity contribution is 6.46. The zero-order valence-electron chi connectivity index (χ0n) is 6.32. The molecule has 0 spiro atoms. The van der Waals surface area contributed by atoms with Crippen molar-refractivity contribution in [3.05, 3.63) is 29.6 Å². The number of carbonyl (C=O) groups is 1. The Morgan fingerprint density at radius 3 is 2.92 bits per heavy atom. The molecule has 0 saturated heterocycles. The van der Waals surface area contributed by atoms with Crippen LogP contribution in [-0.4, -0.2) is 16.9 Å². The molecular formula is C8H4FNO3. The van der Waals surface area contributed by atoms with Gasteiger partial charge in [0.1, 0.15) is 11.6 Å². The first-order chi connectivity index (χ1) is 6.22. The van der Waals surface area contributed by atoms with Crippen molar-refractivity contribution >= 4 is 11.7 Å². The standard InChI is InChI=1S/C8H4FNO3/c9-4-1-2-5-6(3-4)13-8(10-12)7(5)11/h1-3,12H. The molecule has 0 bridgehead atoms. The largest absolute Gasteiger partial charge is 0.433 e. The number of ether oxygens (including phenoxy) is 1. The van der Waals surface area contributed by atoms with Gasteiger partial charge in [0.2, 0.25) is 0 Å². The van der Waals surface area contributed by atoms with E-state index in [1.807, 2.05) is 0 Å². The van der Waals surface area contributed by atoms with E-state index < -0.39 is 17.5 Å². The number of Topliss-reactive ketones (excluding diaryl/α,β-unsaturated/α-hetero) is 1. The summed E-state index contributed by atoms with van der Waals surface area (Å²) >= 11 is 0. The summed E-state index contributed by atoms with van der Waals surface area (Å²) in [6, 6.07) is 3.48. The number of benzene rings is 1. The van der Waals surface area contributed by atoms with E-state index in [4.69, 9.17) is 9.94 Å². The monoisotopic (exact) mass is 181 g/mol. The number of hydrogen-bond donors (Lipinski definition) is 1. The predicted molar refractivity (Wildman–Crippen MR) is 40.6 cm³/mol. The van der Waals surface area contributed by atoms with Gasteiger partial charge in [0.05, 0.1) is 5.56 Å². The number of carbonyl (C=O) groups excluding carboxylic acids is 1. The number of rotatable bonds is 0. The minimum atomic E-state index is -0.544. The minimum Gasteiger partial charge on any atom is -0.433 e. The minimum absolute atomic E-state index is 0.0813. The average Bonchev–Trinajstić information content (AvgIpc) is 2.42. The highest BCUT2D eigenvalue weighted by Gasteiger charge is 2.29. The van der Waals surface area contributed by atoms with Crippen LogP contribution in [0.1, 0.15) is 10.4 Å². The normalized spacial score (nSPS) is 17.3. The fourth-order valence-corrected chi connectivity index (χ4v) is 1.10. The van der Waals surface area contributed by atoms with E-state index in [-0.39, 0.29) is 11.3 Å². The number of halogens is 1. The molecule has 1 aromatic rings. The third-order valence-electron chi connectivity index (χ3n) is 1.68. The molecule has 0 atom stereocenters. The second-order valence-corrected chi connectivity index (χ2v) is 2.48. The van der Waals surface area contributed by atoms with E-state index in [2.05, 4.69) is 5.16 Å². The van der Waals surface area contributed by atoms with Crippen molar-refractivity contribution in [2.75, 3.05) is 0 Å². The van der Waals surface area contributed by atoms with Crippen LogP contribution in [0.25, 0.3) is 0 Å². The Morgan fingerprint density at radius 2 is 2.23 bits per heavy atom. The maximum Gasteiger partial charge on any atom is 0.304 e. The van der Waals surface area contributed by atoms with Gasteiger partial charge < -0.3 is 9.94 Å². The summed E-state index contributed by atoms with van der Waals surface area (Å²) in [6.07, 6.45) is 0. The summed E-state index contributed by atoms with van der Waals surface area (Å²) in [5.74, 6) is -1.40. The summed E-state index contributed by atoms with van der Waals surface area (Å²) in [4.78, 5) is 11.2. The Bertz CT molecular complexity index is 414. The quantitative estimate of drug-likeness (QED) is 0.483. The number of ketones is 1. The molecule has 0 aromatic heterocycles. The van der Waals surface area contributed by atoms with Gasteiger partial charge in [0.15, 0.2) is 0 Å².